The van der Waals surface area contributed by atoms with Crippen molar-refractivity contribution in [3.8, 4) is 11.3 Å². The molecule has 9 heteroatoms. The van der Waals surface area contributed by atoms with Crippen molar-refractivity contribution in [1.29, 1.82) is 0 Å². The SMILES string of the molecule is Cc1c(NC(=O)c2ccc(C(C)(C)C)cc2)cccc1-c1cn(C)c(=O)c(Nc2ccc(C(=O)N3CCCOCC3)cc2)n1. The number of anilines is 3. The number of nitrogens with one attached hydrogen (secondary N) is 2. The van der Waals surface area contributed by atoms with Gasteiger partial charge in [-0.15, -0.1) is 0 Å². The number of aromatic nitrogens is 2. The molecule has 0 radical (unpaired) electrons. The van der Waals surface area contributed by atoms with Crippen LogP contribution in [0.25, 0.3) is 11.3 Å². The molecule has 2 N–H and O–H groups in total. The van der Waals surface area contributed by atoms with Crippen LogP contribution in [0.15, 0.2) is 77.7 Å². The van der Waals surface area contributed by atoms with Gasteiger partial charge in [0.05, 0.1) is 12.3 Å². The summed E-state index contributed by atoms with van der Waals surface area (Å²) in [6, 6.07) is 20.3. The first-order valence-electron chi connectivity index (χ1n) is 14.8. The highest BCUT2D eigenvalue weighted by Crippen LogP contribution is 2.29. The summed E-state index contributed by atoms with van der Waals surface area (Å²) < 4.78 is 6.94. The van der Waals surface area contributed by atoms with Gasteiger partial charge in [0.25, 0.3) is 17.4 Å². The second-order valence-electron chi connectivity index (χ2n) is 12.1. The Bertz CT molecular complexity index is 1710. The molecule has 9 nitrogen and oxygen atoms in total. The molecule has 0 saturated carbocycles. The third kappa shape index (κ3) is 6.89. The lowest BCUT2D eigenvalue weighted by Crippen LogP contribution is -2.33. The maximum atomic E-state index is 13.1. The van der Waals surface area contributed by atoms with E-state index in [2.05, 4.69) is 36.4 Å². The van der Waals surface area contributed by atoms with Gasteiger partial charge in [0.15, 0.2) is 5.82 Å². The zero-order valence-corrected chi connectivity index (χ0v) is 25.9. The van der Waals surface area contributed by atoms with Crippen molar-refractivity contribution in [3.05, 3.63) is 106 Å². The monoisotopic (exact) mass is 593 g/mol. The molecule has 3 aromatic carbocycles. The van der Waals surface area contributed by atoms with Crippen LogP contribution < -0.4 is 16.2 Å². The maximum absolute atomic E-state index is 13.1. The normalized spacial score (nSPS) is 13.7. The topological polar surface area (TPSA) is 106 Å². The molecule has 1 aromatic heterocycles. The van der Waals surface area contributed by atoms with Gasteiger partial charge in [-0.3, -0.25) is 14.4 Å². The van der Waals surface area contributed by atoms with Crippen LogP contribution in [0.2, 0.25) is 0 Å². The summed E-state index contributed by atoms with van der Waals surface area (Å²) in [4.78, 5) is 45.5. The molecule has 44 heavy (non-hydrogen) atoms. The number of nitrogens with zero attached hydrogens (tertiary/aromatic N) is 3. The number of carbonyl (C=O) groups is 2. The predicted octanol–water partition coefficient (Wildman–Crippen LogP) is 5.91. The number of carbonyl (C=O) groups excluding carboxylic acids is 2. The lowest BCUT2D eigenvalue weighted by molar-refractivity contribution is 0.0741. The largest absolute Gasteiger partial charge is 0.380 e. The standard InChI is InChI=1S/C35H39N5O4/c1-23-28(8-6-9-29(23)38-32(41)24-10-14-26(15-11-24)35(2,3)4)30-22-39(5)34(43)31(37-30)36-27-16-12-25(13-17-27)33(42)40-18-7-20-44-21-19-40/h6,8-17,22H,7,18-21H2,1-5H3,(H,36,37)(H,38,41). The summed E-state index contributed by atoms with van der Waals surface area (Å²) in [6.45, 7) is 10.8. The van der Waals surface area contributed by atoms with Crippen molar-refractivity contribution in [2.24, 2.45) is 7.05 Å². The van der Waals surface area contributed by atoms with E-state index in [1.165, 1.54) is 4.57 Å². The second-order valence-corrected chi connectivity index (χ2v) is 12.1. The first-order chi connectivity index (χ1) is 21.0. The van der Waals surface area contributed by atoms with Crippen molar-refractivity contribution in [2.75, 3.05) is 36.9 Å². The van der Waals surface area contributed by atoms with E-state index < -0.39 is 0 Å². The average molecular weight is 594 g/mol. The molecule has 0 aliphatic carbocycles. The highest BCUT2D eigenvalue weighted by Gasteiger charge is 2.19. The summed E-state index contributed by atoms with van der Waals surface area (Å²) >= 11 is 0. The molecule has 4 aromatic rings. The van der Waals surface area contributed by atoms with Crippen molar-refractivity contribution < 1.29 is 14.3 Å². The molecule has 0 bridgehead atoms. The molecule has 1 saturated heterocycles. The van der Waals surface area contributed by atoms with E-state index in [0.29, 0.717) is 54.5 Å². The minimum Gasteiger partial charge on any atom is -0.380 e. The molecule has 5 rings (SSSR count). The van der Waals surface area contributed by atoms with E-state index in [9.17, 15) is 14.4 Å². The molecule has 2 heterocycles. The Hall–Kier alpha value is -4.76. The molecule has 1 aliphatic heterocycles. The lowest BCUT2D eigenvalue weighted by atomic mass is 9.86. The summed E-state index contributed by atoms with van der Waals surface area (Å²) in [5, 5.41) is 6.15. The minimum atomic E-state index is -0.292. The third-order valence-corrected chi connectivity index (χ3v) is 7.85. The molecule has 228 valence electrons. The Morgan fingerprint density at radius 3 is 2.32 bits per heavy atom. The van der Waals surface area contributed by atoms with Crippen molar-refractivity contribution >= 4 is 29.0 Å². The highest BCUT2D eigenvalue weighted by atomic mass is 16.5. The number of aryl methyl sites for hydroxylation is 1. The van der Waals surface area contributed by atoms with Crippen LogP contribution in [0.5, 0.6) is 0 Å². The third-order valence-electron chi connectivity index (χ3n) is 7.85. The van der Waals surface area contributed by atoms with Crippen LogP contribution in [-0.4, -0.2) is 52.6 Å². The number of amides is 2. The molecular weight excluding hydrogens is 554 g/mol. The van der Waals surface area contributed by atoms with E-state index in [0.717, 1.165) is 23.1 Å². The molecule has 0 spiro atoms. The maximum Gasteiger partial charge on any atom is 0.293 e. The van der Waals surface area contributed by atoms with Crippen LogP contribution >= 0.6 is 0 Å². The van der Waals surface area contributed by atoms with Gasteiger partial charge in [0, 0.05) is 61.0 Å². The molecule has 0 atom stereocenters. The number of rotatable bonds is 6. The first kappa shape index (κ1) is 30.7. The number of benzene rings is 3. The van der Waals surface area contributed by atoms with E-state index in [4.69, 9.17) is 4.74 Å². The molecule has 2 amide bonds. The van der Waals surface area contributed by atoms with Gasteiger partial charge in [-0.1, -0.05) is 45.0 Å². The summed E-state index contributed by atoms with van der Waals surface area (Å²) in [5.74, 6) is -0.0865. The van der Waals surface area contributed by atoms with Gasteiger partial charge < -0.3 is 24.8 Å². The number of hydrogen-bond donors (Lipinski definition) is 2. The fourth-order valence-electron chi connectivity index (χ4n) is 5.15. The van der Waals surface area contributed by atoms with Crippen LogP contribution in [0, 0.1) is 6.92 Å². The van der Waals surface area contributed by atoms with Crippen molar-refractivity contribution in [1.82, 2.24) is 14.5 Å². The van der Waals surface area contributed by atoms with Gasteiger partial charge >= 0.3 is 0 Å². The number of ether oxygens (including phenoxy) is 1. The Balaban J connectivity index is 1.35. The Kier molecular flexibility index (Phi) is 8.96. The fraction of sp³-hybridized carbons (Fsp3) is 0.314. The molecule has 0 unspecified atom stereocenters. The van der Waals surface area contributed by atoms with Gasteiger partial charge in [-0.2, -0.15) is 0 Å². The van der Waals surface area contributed by atoms with Crippen LogP contribution in [0.1, 0.15) is 59.0 Å². The van der Waals surface area contributed by atoms with Crippen LogP contribution in [0.4, 0.5) is 17.2 Å². The fourth-order valence-corrected chi connectivity index (χ4v) is 5.15. The predicted molar refractivity (Wildman–Crippen MR) is 174 cm³/mol. The average Bonchev–Trinajstić information content (AvgIpc) is 3.30. The zero-order valence-electron chi connectivity index (χ0n) is 25.9. The van der Waals surface area contributed by atoms with Gasteiger partial charge in [0.1, 0.15) is 0 Å². The molecule has 1 fully saturated rings. The molecule has 1 aliphatic rings. The Morgan fingerprint density at radius 1 is 0.909 bits per heavy atom. The quantitative estimate of drug-likeness (QED) is 0.288. The first-order valence-corrected chi connectivity index (χ1v) is 14.8. The van der Waals surface area contributed by atoms with Crippen molar-refractivity contribution in [3.63, 3.8) is 0 Å². The van der Waals surface area contributed by atoms with Gasteiger partial charge in [-0.05, 0) is 72.4 Å². The highest BCUT2D eigenvalue weighted by molar-refractivity contribution is 6.05. The Labute approximate surface area is 257 Å². The number of hydrogen-bond acceptors (Lipinski definition) is 6. The second kappa shape index (κ2) is 12.9. The van der Waals surface area contributed by atoms with Gasteiger partial charge in [-0.25, -0.2) is 4.98 Å². The Morgan fingerprint density at radius 2 is 1.61 bits per heavy atom. The molecular formula is C35H39N5O4. The van der Waals surface area contributed by atoms with Crippen LogP contribution in [-0.2, 0) is 17.2 Å². The summed E-state index contributed by atoms with van der Waals surface area (Å²) in [6.07, 6.45) is 2.50. The smallest absolute Gasteiger partial charge is 0.293 e. The van der Waals surface area contributed by atoms with E-state index in [1.807, 2.05) is 49.4 Å². The lowest BCUT2D eigenvalue weighted by Gasteiger charge is -2.19. The van der Waals surface area contributed by atoms with E-state index >= 15 is 0 Å². The summed E-state index contributed by atoms with van der Waals surface area (Å²) in [7, 11) is 1.67. The van der Waals surface area contributed by atoms with Crippen molar-refractivity contribution in [2.45, 2.75) is 39.5 Å². The van der Waals surface area contributed by atoms with Crippen LogP contribution in [0.3, 0.4) is 0 Å². The van der Waals surface area contributed by atoms with E-state index in [1.54, 1.807) is 42.4 Å². The zero-order chi connectivity index (χ0) is 31.4. The van der Waals surface area contributed by atoms with Gasteiger partial charge in [0.2, 0.25) is 0 Å². The minimum absolute atomic E-state index is 0.00146. The summed E-state index contributed by atoms with van der Waals surface area (Å²) in [5.41, 5.74) is 5.50. The van der Waals surface area contributed by atoms with E-state index in [-0.39, 0.29) is 28.6 Å².